The van der Waals surface area contributed by atoms with Crippen molar-refractivity contribution in [3.8, 4) is 0 Å². The Morgan fingerprint density at radius 1 is 1.43 bits per heavy atom. The summed E-state index contributed by atoms with van der Waals surface area (Å²) in [6, 6.07) is 5.84. The fourth-order valence-electron chi connectivity index (χ4n) is 2.88. The fraction of sp³-hybridized carbons (Fsp3) is 0.600. The van der Waals surface area contributed by atoms with Crippen molar-refractivity contribution < 1.29 is 12.8 Å². The van der Waals surface area contributed by atoms with Crippen LogP contribution in [-0.2, 0) is 10.0 Å². The number of halogens is 1. The normalized spacial score (nSPS) is 22.1. The van der Waals surface area contributed by atoms with E-state index in [1.54, 1.807) is 6.07 Å². The summed E-state index contributed by atoms with van der Waals surface area (Å²) >= 11 is 0. The Hall–Kier alpha value is -0.980. The molecule has 4 nitrogen and oxygen atoms in total. The van der Waals surface area contributed by atoms with E-state index in [9.17, 15) is 12.8 Å². The van der Waals surface area contributed by atoms with Crippen LogP contribution < -0.4 is 5.32 Å². The molecule has 0 aliphatic carbocycles. The summed E-state index contributed by atoms with van der Waals surface area (Å²) in [5.74, 6) is -0.417. The highest BCUT2D eigenvalue weighted by Gasteiger charge is 2.33. The van der Waals surface area contributed by atoms with Crippen LogP contribution in [0.15, 0.2) is 29.2 Å². The molecule has 118 valence electrons. The lowest BCUT2D eigenvalue weighted by Crippen LogP contribution is -2.46. The van der Waals surface area contributed by atoms with Crippen LogP contribution in [0.4, 0.5) is 4.39 Å². The van der Waals surface area contributed by atoms with Gasteiger partial charge in [-0.3, -0.25) is 0 Å². The average Bonchev–Trinajstić information content (AvgIpc) is 2.48. The van der Waals surface area contributed by atoms with Gasteiger partial charge in [-0.2, -0.15) is 4.31 Å². The van der Waals surface area contributed by atoms with Crippen LogP contribution in [0.25, 0.3) is 0 Å². The van der Waals surface area contributed by atoms with Gasteiger partial charge in [-0.15, -0.1) is 0 Å². The second-order valence-corrected chi connectivity index (χ2v) is 7.45. The van der Waals surface area contributed by atoms with Gasteiger partial charge in [0, 0.05) is 19.1 Å². The van der Waals surface area contributed by atoms with Crippen molar-refractivity contribution in [2.24, 2.45) is 5.92 Å². The summed E-state index contributed by atoms with van der Waals surface area (Å²) in [6.07, 6.45) is 1.81. The van der Waals surface area contributed by atoms with Crippen molar-refractivity contribution in [1.82, 2.24) is 9.62 Å². The zero-order chi connectivity index (χ0) is 15.5. The van der Waals surface area contributed by atoms with E-state index in [-0.39, 0.29) is 16.9 Å². The lowest BCUT2D eigenvalue weighted by molar-refractivity contribution is 0.225. The summed E-state index contributed by atoms with van der Waals surface area (Å²) in [6.45, 7) is 5.88. The van der Waals surface area contributed by atoms with E-state index >= 15 is 0 Å². The van der Waals surface area contributed by atoms with Crippen LogP contribution >= 0.6 is 0 Å². The first-order chi connectivity index (χ1) is 9.96. The first-order valence-electron chi connectivity index (χ1n) is 7.45. The highest BCUT2D eigenvalue weighted by molar-refractivity contribution is 7.89. The van der Waals surface area contributed by atoms with E-state index in [0.717, 1.165) is 19.4 Å². The molecule has 21 heavy (non-hydrogen) atoms. The van der Waals surface area contributed by atoms with Crippen molar-refractivity contribution in [3.05, 3.63) is 30.1 Å². The second-order valence-electron chi connectivity index (χ2n) is 5.54. The Morgan fingerprint density at radius 3 is 2.81 bits per heavy atom. The van der Waals surface area contributed by atoms with E-state index < -0.39 is 15.8 Å². The zero-order valence-corrected chi connectivity index (χ0v) is 13.4. The first kappa shape index (κ1) is 16.4. The minimum Gasteiger partial charge on any atom is -0.314 e. The Kier molecular flexibility index (Phi) is 5.35. The van der Waals surface area contributed by atoms with Gasteiger partial charge in [-0.1, -0.05) is 19.1 Å². The quantitative estimate of drug-likeness (QED) is 0.906. The molecule has 0 amide bonds. The highest BCUT2D eigenvalue weighted by atomic mass is 32.2. The van der Waals surface area contributed by atoms with Gasteiger partial charge >= 0.3 is 0 Å². The molecule has 1 aliphatic heterocycles. The average molecular weight is 314 g/mol. The van der Waals surface area contributed by atoms with Crippen molar-refractivity contribution >= 4 is 10.0 Å². The van der Waals surface area contributed by atoms with E-state index in [1.807, 2.05) is 6.92 Å². The molecule has 1 aromatic rings. The van der Waals surface area contributed by atoms with Gasteiger partial charge in [0.25, 0.3) is 0 Å². The number of rotatable bonds is 5. The van der Waals surface area contributed by atoms with Crippen LogP contribution in [0, 0.1) is 11.7 Å². The van der Waals surface area contributed by atoms with Gasteiger partial charge in [-0.05, 0) is 44.4 Å². The number of nitrogens with zero attached hydrogens (tertiary/aromatic N) is 1. The number of hydrogen-bond acceptors (Lipinski definition) is 3. The molecule has 1 aromatic carbocycles. The molecule has 0 bridgehead atoms. The highest BCUT2D eigenvalue weighted by Crippen LogP contribution is 2.26. The molecule has 2 rings (SSSR count). The minimum absolute atomic E-state index is 0.221. The molecule has 6 heteroatoms. The molecule has 0 aromatic heterocycles. The maximum absolute atomic E-state index is 13.8. The molecule has 0 spiro atoms. The van der Waals surface area contributed by atoms with Gasteiger partial charge in [-0.25, -0.2) is 12.8 Å². The molecule has 0 saturated carbocycles. The van der Waals surface area contributed by atoms with Crippen molar-refractivity contribution in [2.75, 3.05) is 19.6 Å². The second kappa shape index (κ2) is 6.85. The van der Waals surface area contributed by atoms with Crippen molar-refractivity contribution in [1.29, 1.82) is 0 Å². The SMILES string of the molecule is CCNC(C)C1CCCN(S(=O)(=O)c2ccccc2F)C1. The van der Waals surface area contributed by atoms with Crippen LogP contribution in [0.1, 0.15) is 26.7 Å². The van der Waals surface area contributed by atoms with E-state index in [1.165, 1.54) is 22.5 Å². The molecule has 1 fully saturated rings. The van der Waals surface area contributed by atoms with Crippen LogP contribution in [0.5, 0.6) is 0 Å². The predicted octanol–water partition coefficient (Wildman–Crippen LogP) is 2.22. The van der Waals surface area contributed by atoms with Gasteiger partial charge in [0.1, 0.15) is 10.7 Å². The number of sulfonamides is 1. The summed E-state index contributed by atoms with van der Waals surface area (Å²) in [5, 5.41) is 3.34. The summed E-state index contributed by atoms with van der Waals surface area (Å²) in [5.41, 5.74) is 0. The van der Waals surface area contributed by atoms with Gasteiger partial charge in [0.05, 0.1) is 0 Å². The Bertz CT molecular complexity index is 577. The van der Waals surface area contributed by atoms with Gasteiger partial charge < -0.3 is 5.32 Å². The van der Waals surface area contributed by atoms with Crippen molar-refractivity contribution in [3.63, 3.8) is 0 Å². The van der Waals surface area contributed by atoms with Crippen LogP contribution in [0.3, 0.4) is 0 Å². The summed E-state index contributed by atoms with van der Waals surface area (Å²) in [4.78, 5) is -0.221. The van der Waals surface area contributed by atoms with E-state index in [4.69, 9.17) is 0 Å². The Morgan fingerprint density at radius 2 is 2.14 bits per heavy atom. The Labute approximate surface area is 126 Å². The maximum atomic E-state index is 13.8. The monoisotopic (exact) mass is 314 g/mol. The molecular formula is C15H23FN2O2S. The molecule has 1 saturated heterocycles. The third-order valence-electron chi connectivity index (χ3n) is 4.11. The standard InChI is InChI=1S/C15H23FN2O2S/c1-3-17-12(2)13-7-6-10-18(11-13)21(19,20)15-9-5-4-8-14(15)16/h4-5,8-9,12-13,17H,3,6-7,10-11H2,1-2H3. The van der Waals surface area contributed by atoms with Crippen molar-refractivity contribution in [2.45, 2.75) is 37.6 Å². The molecule has 1 N–H and O–H groups in total. The predicted molar refractivity (Wildman–Crippen MR) is 81.0 cm³/mol. The molecule has 0 radical (unpaired) electrons. The third kappa shape index (κ3) is 3.62. The summed E-state index contributed by atoms with van der Waals surface area (Å²) in [7, 11) is -3.74. The summed E-state index contributed by atoms with van der Waals surface area (Å²) < 4.78 is 40.4. The van der Waals surface area contributed by atoms with Gasteiger partial charge in [0.15, 0.2) is 0 Å². The number of benzene rings is 1. The molecular weight excluding hydrogens is 291 g/mol. The molecule has 2 unspecified atom stereocenters. The van der Waals surface area contributed by atoms with Crippen LogP contribution in [-0.4, -0.2) is 38.4 Å². The van der Waals surface area contributed by atoms with Gasteiger partial charge in [0.2, 0.25) is 10.0 Å². The molecule has 1 heterocycles. The third-order valence-corrected chi connectivity index (χ3v) is 6.01. The Balaban J connectivity index is 2.19. The smallest absolute Gasteiger partial charge is 0.245 e. The largest absolute Gasteiger partial charge is 0.314 e. The fourth-order valence-corrected chi connectivity index (χ4v) is 4.48. The van der Waals surface area contributed by atoms with E-state index in [0.29, 0.717) is 13.1 Å². The topological polar surface area (TPSA) is 49.4 Å². The van der Waals surface area contributed by atoms with E-state index in [2.05, 4.69) is 12.2 Å². The molecule has 1 aliphatic rings. The lowest BCUT2D eigenvalue weighted by atomic mass is 9.93. The lowest BCUT2D eigenvalue weighted by Gasteiger charge is -2.35. The van der Waals surface area contributed by atoms with Crippen LogP contribution in [0.2, 0.25) is 0 Å². The zero-order valence-electron chi connectivity index (χ0n) is 12.5. The minimum atomic E-state index is -3.74. The number of piperidine rings is 1. The molecule has 2 atom stereocenters. The first-order valence-corrected chi connectivity index (χ1v) is 8.89. The number of hydrogen-bond donors (Lipinski definition) is 1. The maximum Gasteiger partial charge on any atom is 0.245 e. The number of nitrogens with one attached hydrogen (secondary N) is 1.